The molecule has 0 amide bonds. The zero-order chi connectivity index (χ0) is 14.7. The fraction of sp³-hybridized carbons (Fsp3) is 0.143. The van der Waals surface area contributed by atoms with Gasteiger partial charge < -0.3 is 10.2 Å². The highest BCUT2D eigenvalue weighted by molar-refractivity contribution is 6.35. The Balaban J connectivity index is 2.43. The zero-order valence-corrected chi connectivity index (χ0v) is 12.2. The molecule has 2 N–H and O–H groups in total. The lowest BCUT2D eigenvalue weighted by molar-refractivity contribution is 0.280. The summed E-state index contributed by atoms with van der Waals surface area (Å²) in [5.74, 6) is -0.00609. The van der Waals surface area contributed by atoms with Crippen LogP contribution in [0.15, 0.2) is 29.4 Å². The van der Waals surface area contributed by atoms with Crippen LogP contribution in [0.25, 0.3) is 0 Å². The van der Waals surface area contributed by atoms with Crippen LogP contribution in [-0.2, 0) is 6.61 Å². The number of aliphatic hydroxyl groups is 1. The smallest absolute Gasteiger partial charge is 0.145 e. The van der Waals surface area contributed by atoms with Crippen LogP contribution in [0.3, 0.4) is 0 Å². The Bertz CT molecular complexity index is 652. The summed E-state index contributed by atoms with van der Waals surface area (Å²) in [7, 11) is 0. The van der Waals surface area contributed by atoms with Crippen LogP contribution in [0.2, 0.25) is 10.0 Å². The van der Waals surface area contributed by atoms with Crippen molar-refractivity contribution in [3.63, 3.8) is 0 Å². The Labute approximate surface area is 126 Å². The van der Waals surface area contributed by atoms with Gasteiger partial charge in [-0.3, -0.25) is 9.98 Å². The van der Waals surface area contributed by atoms with Gasteiger partial charge in [0.05, 0.1) is 18.0 Å². The quantitative estimate of drug-likeness (QED) is 0.850. The molecule has 0 aliphatic carbocycles. The molecular formula is C14H12Cl2N2O2. The molecule has 0 bridgehead atoms. The van der Waals surface area contributed by atoms with Gasteiger partial charge in [0.25, 0.3) is 0 Å². The van der Waals surface area contributed by atoms with Crippen LogP contribution in [-0.4, -0.2) is 21.4 Å². The Morgan fingerprint density at radius 2 is 1.90 bits per heavy atom. The van der Waals surface area contributed by atoms with E-state index in [4.69, 9.17) is 23.2 Å². The van der Waals surface area contributed by atoms with Crippen LogP contribution < -0.4 is 0 Å². The maximum atomic E-state index is 9.98. The van der Waals surface area contributed by atoms with Crippen molar-refractivity contribution in [1.82, 2.24) is 4.98 Å². The number of aromatic nitrogens is 1. The molecule has 1 aromatic heterocycles. The summed E-state index contributed by atoms with van der Waals surface area (Å²) in [5, 5.41) is 20.2. The van der Waals surface area contributed by atoms with Crippen molar-refractivity contribution >= 4 is 35.1 Å². The van der Waals surface area contributed by atoms with E-state index in [0.29, 0.717) is 32.6 Å². The molecule has 0 spiro atoms. The van der Waals surface area contributed by atoms with Crippen molar-refractivity contribution in [2.75, 3.05) is 0 Å². The molecule has 20 heavy (non-hydrogen) atoms. The van der Waals surface area contributed by atoms with Gasteiger partial charge in [-0.15, -0.1) is 0 Å². The van der Waals surface area contributed by atoms with Gasteiger partial charge in [-0.2, -0.15) is 0 Å². The topological polar surface area (TPSA) is 65.7 Å². The minimum Gasteiger partial charge on any atom is -0.505 e. The molecule has 1 heterocycles. The van der Waals surface area contributed by atoms with E-state index in [9.17, 15) is 10.2 Å². The molecule has 0 atom stereocenters. The number of hydrogen-bond acceptors (Lipinski definition) is 4. The Kier molecular flexibility index (Phi) is 4.60. The number of aliphatic imine (C=N–C) groups is 1. The lowest BCUT2D eigenvalue weighted by Gasteiger charge is -2.07. The van der Waals surface area contributed by atoms with E-state index in [1.807, 2.05) is 0 Å². The van der Waals surface area contributed by atoms with Gasteiger partial charge in [0.2, 0.25) is 0 Å². The Hall–Kier alpha value is -1.62. The van der Waals surface area contributed by atoms with Gasteiger partial charge in [-0.25, -0.2) is 0 Å². The van der Waals surface area contributed by atoms with Crippen molar-refractivity contribution in [3.8, 4) is 5.75 Å². The molecular weight excluding hydrogens is 299 g/mol. The first kappa shape index (κ1) is 14.8. The summed E-state index contributed by atoms with van der Waals surface area (Å²) in [4.78, 5) is 8.20. The summed E-state index contributed by atoms with van der Waals surface area (Å²) in [6, 6.07) is 4.90. The first-order valence-electron chi connectivity index (χ1n) is 5.79. The number of halogens is 2. The summed E-state index contributed by atoms with van der Waals surface area (Å²) in [5.41, 5.74) is 1.94. The number of pyridine rings is 1. The number of aliphatic hydroxyl groups excluding tert-OH is 1. The first-order chi connectivity index (χ1) is 9.51. The lowest BCUT2D eigenvalue weighted by Crippen LogP contribution is -1.97. The highest BCUT2D eigenvalue weighted by atomic mass is 35.5. The highest BCUT2D eigenvalue weighted by Gasteiger charge is 2.09. The molecule has 1 aromatic carbocycles. The standard InChI is InChI=1S/C14H12Cl2N2O2/c1-8-14(20)13(9(7-19)5-17-8)6-18-12-3-10(15)2-11(16)4-12/h2-6,19-20H,7H2,1H3. The molecule has 104 valence electrons. The number of hydrogen-bond donors (Lipinski definition) is 2. The van der Waals surface area contributed by atoms with Crippen LogP contribution in [0.4, 0.5) is 5.69 Å². The number of rotatable bonds is 3. The van der Waals surface area contributed by atoms with Crippen molar-refractivity contribution in [1.29, 1.82) is 0 Å². The third-order valence-electron chi connectivity index (χ3n) is 2.72. The summed E-state index contributed by atoms with van der Waals surface area (Å²) >= 11 is 11.8. The molecule has 2 aromatic rings. The number of benzene rings is 1. The predicted molar refractivity (Wildman–Crippen MR) is 80.3 cm³/mol. The Morgan fingerprint density at radius 1 is 1.25 bits per heavy atom. The van der Waals surface area contributed by atoms with Gasteiger partial charge in [0, 0.05) is 33.6 Å². The second-order valence-electron chi connectivity index (χ2n) is 4.18. The summed E-state index contributed by atoms with van der Waals surface area (Å²) in [6.07, 6.45) is 2.96. The van der Waals surface area contributed by atoms with Gasteiger partial charge >= 0.3 is 0 Å². The Morgan fingerprint density at radius 3 is 2.50 bits per heavy atom. The predicted octanol–water partition coefficient (Wildman–Crippen LogP) is 3.65. The molecule has 4 nitrogen and oxygen atoms in total. The van der Waals surface area contributed by atoms with Gasteiger partial charge in [-0.1, -0.05) is 23.2 Å². The highest BCUT2D eigenvalue weighted by Crippen LogP contribution is 2.26. The molecule has 0 saturated carbocycles. The molecule has 0 fully saturated rings. The maximum Gasteiger partial charge on any atom is 0.145 e. The average molecular weight is 311 g/mol. The van der Waals surface area contributed by atoms with E-state index in [-0.39, 0.29) is 12.4 Å². The molecule has 0 aliphatic rings. The third-order valence-corrected chi connectivity index (χ3v) is 3.15. The van der Waals surface area contributed by atoms with E-state index in [2.05, 4.69) is 9.98 Å². The van der Waals surface area contributed by atoms with Crippen molar-refractivity contribution in [2.24, 2.45) is 4.99 Å². The van der Waals surface area contributed by atoms with E-state index in [0.717, 1.165) is 0 Å². The van der Waals surface area contributed by atoms with Crippen molar-refractivity contribution < 1.29 is 10.2 Å². The van der Waals surface area contributed by atoms with Crippen molar-refractivity contribution in [2.45, 2.75) is 13.5 Å². The van der Waals surface area contributed by atoms with Gasteiger partial charge in [0.15, 0.2) is 0 Å². The molecule has 0 unspecified atom stereocenters. The summed E-state index contributed by atoms with van der Waals surface area (Å²) < 4.78 is 0. The SMILES string of the molecule is Cc1ncc(CO)c(C=Nc2cc(Cl)cc(Cl)c2)c1O. The van der Waals surface area contributed by atoms with Crippen LogP contribution in [0.1, 0.15) is 16.8 Å². The normalized spacial score (nSPS) is 11.2. The maximum absolute atomic E-state index is 9.98. The number of nitrogens with zero attached hydrogens (tertiary/aromatic N) is 2. The number of aryl methyl sites for hydroxylation is 1. The number of aromatic hydroxyl groups is 1. The van der Waals surface area contributed by atoms with E-state index < -0.39 is 0 Å². The van der Waals surface area contributed by atoms with Gasteiger partial charge in [0.1, 0.15) is 5.75 Å². The van der Waals surface area contributed by atoms with E-state index >= 15 is 0 Å². The zero-order valence-electron chi connectivity index (χ0n) is 10.6. The molecule has 6 heteroatoms. The van der Waals surface area contributed by atoms with Crippen LogP contribution >= 0.6 is 23.2 Å². The van der Waals surface area contributed by atoms with E-state index in [1.165, 1.54) is 12.4 Å². The lowest BCUT2D eigenvalue weighted by atomic mass is 10.1. The second kappa shape index (κ2) is 6.22. The molecule has 0 radical (unpaired) electrons. The minimum atomic E-state index is -0.238. The first-order valence-corrected chi connectivity index (χ1v) is 6.55. The third kappa shape index (κ3) is 3.28. The minimum absolute atomic E-state index is 0.00609. The monoisotopic (exact) mass is 310 g/mol. The van der Waals surface area contributed by atoms with Crippen molar-refractivity contribution in [3.05, 3.63) is 51.3 Å². The van der Waals surface area contributed by atoms with Crippen LogP contribution in [0, 0.1) is 6.92 Å². The fourth-order valence-electron chi connectivity index (χ4n) is 1.68. The molecule has 0 saturated heterocycles. The molecule has 2 rings (SSSR count). The molecule has 0 aliphatic heterocycles. The largest absolute Gasteiger partial charge is 0.505 e. The average Bonchev–Trinajstić information content (AvgIpc) is 2.39. The van der Waals surface area contributed by atoms with E-state index in [1.54, 1.807) is 25.1 Å². The van der Waals surface area contributed by atoms with Gasteiger partial charge in [-0.05, 0) is 25.1 Å². The fourth-order valence-corrected chi connectivity index (χ4v) is 2.19. The van der Waals surface area contributed by atoms with Crippen LogP contribution in [0.5, 0.6) is 5.75 Å². The second-order valence-corrected chi connectivity index (χ2v) is 5.05. The summed E-state index contributed by atoms with van der Waals surface area (Å²) in [6.45, 7) is 1.43.